The zero-order chi connectivity index (χ0) is 16.8. The summed E-state index contributed by atoms with van der Waals surface area (Å²) in [6.45, 7) is 7.30. The van der Waals surface area contributed by atoms with Crippen LogP contribution in [0, 0.1) is 0 Å². The van der Waals surface area contributed by atoms with Crippen LogP contribution in [0.1, 0.15) is 44.9 Å². The highest BCUT2D eigenvalue weighted by Gasteiger charge is 2.23. The number of benzene rings is 1. The number of nitrogens with two attached hydrogens (primary N) is 1. The Hall–Kier alpha value is -1.85. The number of rotatable bonds is 8. The third-order valence-corrected chi connectivity index (χ3v) is 3.99. The van der Waals surface area contributed by atoms with Gasteiger partial charge >= 0.3 is 5.97 Å². The van der Waals surface area contributed by atoms with Crippen molar-refractivity contribution in [3.05, 3.63) is 36.0 Å². The first-order valence-electron chi connectivity index (χ1n) is 8.21. The maximum Gasteiger partial charge on any atom is 0.329 e. The van der Waals surface area contributed by atoms with E-state index in [0.717, 1.165) is 16.5 Å². The fourth-order valence-corrected chi connectivity index (χ4v) is 2.95. The van der Waals surface area contributed by atoms with Crippen LogP contribution in [0.3, 0.4) is 0 Å². The van der Waals surface area contributed by atoms with Gasteiger partial charge in [-0.3, -0.25) is 0 Å². The van der Waals surface area contributed by atoms with Crippen LogP contribution in [0.15, 0.2) is 30.5 Å². The molecule has 0 aliphatic rings. The number of fused-ring (bicyclic) bond motifs is 1. The van der Waals surface area contributed by atoms with E-state index in [1.165, 1.54) is 0 Å². The predicted molar refractivity (Wildman–Crippen MR) is 91.3 cm³/mol. The highest BCUT2D eigenvalue weighted by atomic mass is 16.5. The Morgan fingerprint density at radius 3 is 2.70 bits per heavy atom. The Kier molecular flexibility index (Phi) is 6.19. The van der Waals surface area contributed by atoms with Crippen LogP contribution in [-0.4, -0.2) is 30.3 Å². The van der Waals surface area contributed by atoms with Crippen LogP contribution >= 0.6 is 0 Å². The number of hydrogen-bond acceptors (Lipinski definition) is 4. The second-order valence-electron chi connectivity index (χ2n) is 5.45. The SMILES string of the molecule is CCOC(=O)C(CCN)n1ccc2c(C(C)OCC)cccc21. The standard InChI is InChI=1S/C18H26N2O3/c1-4-22-13(3)14-7-6-8-16-15(14)10-12-20(16)17(9-11-19)18(21)23-5-2/h6-8,10,12-13,17H,4-5,9,11,19H2,1-3H3. The molecule has 0 amide bonds. The molecule has 1 heterocycles. The highest BCUT2D eigenvalue weighted by Crippen LogP contribution is 2.30. The van der Waals surface area contributed by atoms with Crippen LogP contribution in [0.5, 0.6) is 0 Å². The summed E-state index contributed by atoms with van der Waals surface area (Å²) in [5.41, 5.74) is 7.81. The van der Waals surface area contributed by atoms with E-state index in [1.807, 2.05) is 49.7 Å². The van der Waals surface area contributed by atoms with Gasteiger partial charge in [-0.25, -0.2) is 4.79 Å². The van der Waals surface area contributed by atoms with Crippen molar-refractivity contribution in [3.8, 4) is 0 Å². The quantitative estimate of drug-likeness (QED) is 0.759. The minimum atomic E-state index is -0.393. The van der Waals surface area contributed by atoms with Crippen molar-refractivity contribution in [2.75, 3.05) is 19.8 Å². The van der Waals surface area contributed by atoms with E-state index in [9.17, 15) is 4.79 Å². The van der Waals surface area contributed by atoms with E-state index in [2.05, 4.69) is 6.07 Å². The summed E-state index contributed by atoms with van der Waals surface area (Å²) in [7, 11) is 0. The third kappa shape index (κ3) is 3.74. The summed E-state index contributed by atoms with van der Waals surface area (Å²) in [5, 5.41) is 1.10. The molecule has 5 heteroatoms. The molecule has 2 N–H and O–H groups in total. The summed E-state index contributed by atoms with van der Waals surface area (Å²) < 4.78 is 12.9. The number of ether oxygens (including phenoxy) is 2. The van der Waals surface area contributed by atoms with E-state index in [1.54, 1.807) is 0 Å². The Morgan fingerprint density at radius 1 is 1.26 bits per heavy atom. The van der Waals surface area contributed by atoms with Gasteiger partial charge in [-0.2, -0.15) is 0 Å². The van der Waals surface area contributed by atoms with Gasteiger partial charge < -0.3 is 19.8 Å². The number of esters is 1. The van der Waals surface area contributed by atoms with Gasteiger partial charge in [0.25, 0.3) is 0 Å². The fraction of sp³-hybridized carbons (Fsp3) is 0.500. The Balaban J connectivity index is 2.45. The summed E-state index contributed by atoms with van der Waals surface area (Å²) in [4.78, 5) is 12.3. The summed E-state index contributed by atoms with van der Waals surface area (Å²) in [6, 6.07) is 7.71. The average Bonchev–Trinajstić information content (AvgIpc) is 2.96. The number of hydrogen-bond donors (Lipinski definition) is 1. The molecule has 0 saturated heterocycles. The molecule has 0 radical (unpaired) electrons. The van der Waals surface area contributed by atoms with Crippen molar-refractivity contribution < 1.29 is 14.3 Å². The van der Waals surface area contributed by atoms with Gasteiger partial charge in [0.15, 0.2) is 0 Å². The monoisotopic (exact) mass is 318 g/mol. The van der Waals surface area contributed by atoms with Gasteiger partial charge in [-0.05, 0) is 51.4 Å². The molecule has 2 unspecified atom stereocenters. The van der Waals surface area contributed by atoms with Crippen LogP contribution < -0.4 is 5.73 Å². The Labute approximate surface area is 137 Å². The lowest BCUT2D eigenvalue weighted by Crippen LogP contribution is -2.24. The fourth-order valence-electron chi connectivity index (χ4n) is 2.95. The van der Waals surface area contributed by atoms with Gasteiger partial charge in [0.05, 0.1) is 12.7 Å². The summed E-state index contributed by atoms with van der Waals surface area (Å²) in [5.74, 6) is -0.237. The maximum absolute atomic E-state index is 12.3. The minimum absolute atomic E-state index is 0.00935. The molecule has 23 heavy (non-hydrogen) atoms. The topological polar surface area (TPSA) is 66.5 Å². The first-order valence-corrected chi connectivity index (χ1v) is 8.21. The lowest BCUT2D eigenvalue weighted by molar-refractivity contribution is -0.147. The highest BCUT2D eigenvalue weighted by molar-refractivity contribution is 5.86. The summed E-state index contributed by atoms with van der Waals surface area (Å²) >= 11 is 0. The zero-order valence-electron chi connectivity index (χ0n) is 14.1. The molecule has 0 saturated carbocycles. The molecule has 5 nitrogen and oxygen atoms in total. The van der Waals surface area contributed by atoms with Gasteiger partial charge in [0, 0.05) is 23.7 Å². The number of carbonyl (C=O) groups is 1. The number of nitrogens with zero attached hydrogens (tertiary/aromatic N) is 1. The second-order valence-corrected chi connectivity index (χ2v) is 5.45. The third-order valence-electron chi connectivity index (χ3n) is 3.99. The minimum Gasteiger partial charge on any atom is -0.464 e. The zero-order valence-corrected chi connectivity index (χ0v) is 14.1. The van der Waals surface area contributed by atoms with E-state index in [4.69, 9.17) is 15.2 Å². The number of carbonyl (C=O) groups excluding carboxylic acids is 1. The lowest BCUT2D eigenvalue weighted by atomic mass is 10.1. The molecule has 1 aromatic heterocycles. The van der Waals surface area contributed by atoms with Gasteiger partial charge in [0.2, 0.25) is 0 Å². The molecule has 2 aromatic rings. The Bertz CT molecular complexity index is 651. The van der Waals surface area contributed by atoms with Crippen molar-refractivity contribution in [2.45, 2.75) is 39.3 Å². The normalized spacial score (nSPS) is 13.9. The largest absolute Gasteiger partial charge is 0.464 e. The summed E-state index contributed by atoms with van der Waals surface area (Å²) in [6.07, 6.45) is 2.49. The van der Waals surface area contributed by atoms with Crippen molar-refractivity contribution >= 4 is 16.9 Å². The molecular formula is C18H26N2O3. The first-order chi connectivity index (χ1) is 11.1. The van der Waals surface area contributed by atoms with Gasteiger partial charge in [-0.1, -0.05) is 12.1 Å². The van der Waals surface area contributed by atoms with Crippen LogP contribution in [-0.2, 0) is 14.3 Å². The molecule has 0 bridgehead atoms. The van der Waals surface area contributed by atoms with E-state index in [-0.39, 0.29) is 12.1 Å². The van der Waals surface area contributed by atoms with Crippen LogP contribution in [0.4, 0.5) is 0 Å². The maximum atomic E-state index is 12.3. The average molecular weight is 318 g/mol. The first kappa shape index (κ1) is 17.5. The predicted octanol–water partition coefficient (Wildman–Crippen LogP) is 3.19. The molecule has 2 rings (SSSR count). The molecule has 0 spiro atoms. The molecule has 2 atom stereocenters. The van der Waals surface area contributed by atoms with Crippen molar-refractivity contribution in [3.63, 3.8) is 0 Å². The molecule has 0 aliphatic heterocycles. The van der Waals surface area contributed by atoms with Crippen molar-refractivity contribution in [1.29, 1.82) is 0 Å². The molecule has 126 valence electrons. The number of aromatic nitrogens is 1. The Morgan fingerprint density at radius 2 is 2.04 bits per heavy atom. The van der Waals surface area contributed by atoms with E-state index in [0.29, 0.717) is 26.2 Å². The van der Waals surface area contributed by atoms with Crippen LogP contribution in [0.25, 0.3) is 10.9 Å². The molecule has 1 aromatic carbocycles. The van der Waals surface area contributed by atoms with Crippen molar-refractivity contribution in [2.24, 2.45) is 5.73 Å². The van der Waals surface area contributed by atoms with Crippen LogP contribution in [0.2, 0.25) is 0 Å². The van der Waals surface area contributed by atoms with E-state index >= 15 is 0 Å². The van der Waals surface area contributed by atoms with E-state index < -0.39 is 6.04 Å². The smallest absolute Gasteiger partial charge is 0.329 e. The van der Waals surface area contributed by atoms with Gasteiger partial charge in [-0.15, -0.1) is 0 Å². The molecule has 0 aliphatic carbocycles. The molecular weight excluding hydrogens is 292 g/mol. The second kappa shape index (κ2) is 8.13. The molecule has 0 fully saturated rings. The lowest BCUT2D eigenvalue weighted by Gasteiger charge is -2.19. The van der Waals surface area contributed by atoms with Crippen molar-refractivity contribution in [1.82, 2.24) is 4.57 Å². The van der Waals surface area contributed by atoms with Gasteiger partial charge in [0.1, 0.15) is 6.04 Å².